The summed E-state index contributed by atoms with van der Waals surface area (Å²) < 4.78 is 12.7. The first kappa shape index (κ1) is 24.2. The van der Waals surface area contributed by atoms with E-state index >= 15 is 0 Å². The van der Waals surface area contributed by atoms with Crippen molar-refractivity contribution in [2.75, 3.05) is 26.0 Å². The molecular formula is C19H29ClN6O3S. The van der Waals surface area contributed by atoms with Gasteiger partial charge in [0.2, 0.25) is 5.16 Å². The van der Waals surface area contributed by atoms with Crippen molar-refractivity contribution in [1.82, 2.24) is 30.8 Å². The van der Waals surface area contributed by atoms with Crippen molar-refractivity contribution in [3.63, 3.8) is 0 Å². The first-order valence-corrected chi connectivity index (χ1v) is 10.9. The van der Waals surface area contributed by atoms with Crippen LogP contribution in [0.2, 0.25) is 5.02 Å². The van der Waals surface area contributed by atoms with Crippen molar-refractivity contribution >= 4 is 29.3 Å². The van der Waals surface area contributed by atoms with Gasteiger partial charge in [0, 0.05) is 36.0 Å². The molecule has 11 heteroatoms. The lowest BCUT2D eigenvalue weighted by atomic mass is 10.1. The Balaban J connectivity index is 1.81. The van der Waals surface area contributed by atoms with Gasteiger partial charge in [-0.15, -0.1) is 5.10 Å². The zero-order valence-corrected chi connectivity index (χ0v) is 19.6. The summed E-state index contributed by atoms with van der Waals surface area (Å²) in [5.74, 6) is 1.66. The topological polar surface area (TPSA) is 103 Å². The molecule has 30 heavy (non-hydrogen) atoms. The Morgan fingerprint density at radius 3 is 2.70 bits per heavy atom. The van der Waals surface area contributed by atoms with Gasteiger partial charge < -0.3 is 20.1 Å². The number of nitrogens with zero attached hydrogens (tertiary/aromatic N) is 4. The maximum atomic E-state index is 12.0. The maximum Gasteiger partial charge on any atom is 0.258 e. The van der Waals surface area contributed by atoms with Gasteiger partial charge in [-0.2, -0.15) is 0 Å². The Morgan fingerprint density at radius 1 is 1.30 bits per heavy atom. The molecule has 0 spiro atoms. The minimum absolute atomic E-state index is 0.111. The molecular weight excluding hydrogens is 428 g/mol. The number of hydrogen-bond donors (Lipinski definition) is 2. The number of carbonyl (C=O) groups excluding carboxylic acids is 1. The zero-order valence-electron chi connectivity index (χ0n) is 18.0. The molecule has 1 amide bonds. The Kier molecular flexibility index (Phi) is 9.19. The van der Waals surface area contributed by atoms with E-state index in [9.17, 15) is 4.79 Å². The minimum Gasteiger partial charge on any atom is -0.493 e. The first-order chi connectivity index (χ1) is 14.2. The van der Waals surface area contributed by atoms with E-state index in [-0.39, 0.29) is 18.1 Å². The Labute approximate surface area is 186 Å². The third-order valence-electron chi connectivity index (χ3n) is 3.83. The lowest BCUT2D eigenvalue weighted by molar-refractivity contribution is -0.124. The van der Waals surface area contributed by atoms with Crippen LogP contribution in [-0.4, -0.2) is 57.7 Å². The molecule has 0 aliphatic rings. The van der Waals surface area contributed by atoms with Crippen LogP contribution in [0, 0.1) is 0 Å². The van der Waals surface area contributed by atoms with Crippen molar-refractivity contribution in [3.05, 3.63) is 22.7 Å². The molecule has 0 saturated heterocycles. The molecule has 1 heterocycles. The Hall–Kier alpha value is -2.04. The molecule has 2 aromatic rings. The number of ether oxygens (including phenoxy) is 2. The Morgan fingerprint density at radius 2 is 2.07 bits per heavy atom. The molecule has 1 aromatic heterocycles. The van der Waals surface area contributed by atoms with Crippen LogP contribution < -0.4 is 20.1 Å². The molecule has 0 radical (unpaired) electrons. The largest absolute Gasteiger partial charge is 0.493 e. The van der Waals surface area contributed by atoms with E-state index < -0.39 is 0 Å². The summed E-state index contributed by atoms with van der Waals surface area (Å²) in [5, 5.41) is 18.9. The van der Waals surface area contributed by atoms with E-state index in [2.05, 4.69) is 26.2 Å². The SMILES string of the molecule is COc1cc(CNCCCSc2nnnn2C)c(Cl)cc1OCC(=O)NC(C)(C)C. The quantitative estimate of drug-likeness (QED) is 0.392. The highest BCUT2D eigenvalue weighted by Gasteiger charge is 2.16. The minimum atomic E-state index is -0.318. The van der Waals surface area contributed by atoms with E-state index in [4.69, 9.17) is 21.1 Å². The van der Waals surface area contributed by atoms with Gasteiger partial charge >= 0.3 is 0 Å². The number of thioether (sulfide) groups is 1. The van der Waals surface area contributed by atoms with Gasteiger partial charge in [-0.1, -0.05) is 23.4 Å². The summed E-state index contributed by atoms with van der Waals surface area (Å²) >= 11 is 8.01. The molecule has 0 unspecified atom stereocenters. The molecule has 0 saturated carbocycles. The highest BCUT2D eigenvalue weighted by Crippen LogP contribution is 2.33. The van der Waals surface area contributed by atoms with Crippen LogP contribution in [0.5, 0.6) is 11.5 Å². The summed E-state index contributed by atoms with van der Waals surface area (Å²) in [6, 6.07) is 3.50. The average Bonchev–Trinajstić information content (AvgIpc) is 3.07. The third kappa shape index (κ3) is 8.00. The van der Waals surface area contributed by atoms with Crippen molar-refractivity contribution in [1.29, 1.82) is 0 Å². The fourth-order valence-corrected chi connectivity index (χ4v) is 3.52. The van der Waals surface area contributed by atoms with Gasteiger partial charge in [0.05, 0.1) is 7.11 Å². The fraction of sp³-hybridized carbons (Fsp3) is 0.579. The van der Waals surface area contributed by atoms with Crippen molar-refractivity contribution < 1.29 is 14.3 Å². The van der Waals surface area contributed by atoms with Crippen molar-refractivity contribution in [2.45, 2.75) is 44.4 Å². The van der Waals surface area contributed by atoms with Crippen LogP contribution in [0.1, 0.15) is 32.8 Å². The van der Waals surface area contributed by atoms with Gasteiger partial charge in [0.1, 0.15) is 0 Å². The number of aryl methyl sites for hydroxylation is 1. The number of benzene rings is 1. The molecule has 1 aromatic carbocycles. The van der Waals surface area contributed by atoms with Crippen LogP contribution >= 0.6 is 23.4 Å². The van der Waals surface area contributed by atoms with E-state index in [1.807, 2.05) is 33.9 Å². The van der Waals surface area contributed by atoms with Gasteiger partial charge in [0.25, 0.3) is 5.91 Å². The predicted molar refractivity (Wildman–Crippen MR) is 117 cm³/mol. The van der Waals surface area contributed by atoms with Gasteiger partial charge in [-0.25, -0.2) is 4.68 Å². The number of methoxy groups -OCH3 is 1. The summed E-state index contributed by atoms with van der Waals surface area (Å²) in [6.07, 6.45) is 0.955. The number of hydrogen-bond acceptors (Lipinski definition) is 8. The number of tetrazole rings is 1. The van der Waals surface area contributed by atoms with E-state index in [0.29, 0.717) is 23.1 Å². The monoisotopic (exact) mass is 456 g/mol. The number of aromatic nitrogens is 4. The maximum absolute atomic E-state index is 12.0. The van der Waals surface area contributed by atoms with E-state index in [0.717, 1.165) is 29.4 Å². The van der Waals surface area contributed by atoms with Crippen molar-refractivity contribution in [2.24, 2.45) is 7.05 Å². The number of nitrogens with one attached hydrogen (secondary N) is 2. The molecule has 0 aliphatic heterocycles. The molecule has 2 N–H and O–H groups in total. The van der Waals surface area contributed by atoms with Gasteiger partial charge in [0.15, 0.2) is 18.1 Å². The second kappa shape index (κ2) is 11.4. The normalized spacial score (nSPS) is 11.4. The molecule has 0 fully saturated rings. The van der Waals surface area contributed by atoms with Crippen LogP contribution in [0.25, 0.3) is 0 Å². The fourth-order valence-electron chi connectivity index (χ4n) is 2.51. The van der Waals surface area contributed by atoms with E-state index in [1.165, 1.54) is 0 Å². The molecule has 0 aliphatic carbocycles. The predicted octanol–water partition coefficient (Wildman–Crippen LogP) is 2.44. The average molecular weight is 457 g/mol. The van der Waals surface area contributed by atoms with Gasteiger partial charge in [-0.05, 0) is 55.8 Å². The first-order valence-electron chi connectivity index (χ1n) is 9.55. The molecule has 0 atom stereocenters. The molecule has 0 bridgehead atoms. The van der Waals surface area contributed by atoms with Crippen LogP contribution in [0.3, 0.4) is 0 Å². The zero-order chi connectivity index (χ0) is 22.1. The number of carbonyl (C=O) groups is 1. The lowest BCUT2D eigenvalue weighted by Crippen LogP contribution is -2.43. The second-order valence-corrected chi connectivity index (χ2v) is 9.11. The van der Waals surface area contributed by atoms with Crippen LogP contribution in [-0.2, 0) is 18.4 Å². The number of halogens is 1. The lowest BCUT2D eigenvalue weighted by Gasteiger charge is -2.21. The highest BCUT2D eigenvalue weighted by molar-refractivity contribution is 7.99. The summed E-state index contributed by atoms with van der Waals surface area (Å²) in [7, 11) is 3.38. The Bertz CT molecular complexity index is 840. The number of amides is 1. The van der Waals surface area contributed by atoms with Crippen LogP contribution in [0.4, 0.5) is 0 Å². The smallest absolute Gasteiger partial charge is 0.258 e. The number of rotatable bonds is 11. The third-order valence-corrected chi connectivity index (χ3v) is 5.28. The van der Waals surface area contributed by atoms with Gasteiger partial charge in [-0.3, -0.25) is 4.79 Å². The highest BCUT2D eigenvalue weighted by atomic mass is 35.5. The molecule has 9 nitrogen and oxygen atoms in total. The van der Waals surface area contributed by atoms with Crippen LogP contribution in [0.15, 0.2) is 17.3 Å². The molecule has 2 rings (SSSR count). The second-order valence-electron chi connectivity index (χ2n) is 7.65. The molecule has 166 valence electrons. The van der Waals surface area contributed by atoms with E-state index in [1.54, 1.807) is 29.6 Å². The van der Waals surface area contributed by atoms with Crippen molar-refractivity contribution in [3.8, 4) is 11.5 Å². The summed E-state index contributed by atoms with van der Waals surface area (Å²) in [6.45, 7) is 7.04. The summed E-state index contributed by atoms with van der Waals surface area (Å²) in [5.41, 5.74) is 0.576. The standard InChI is InChI=1S/C19H29ClN6O3S/c1-19(2,3)22-17(27)12-29-16-10-14(20)13(9-15(16)28-5)11-21-7-6-8-30-18-23-24-25-26(18)4/h9-10,21H,6-8,11-12H2,1-5H3,(H,22,27). The summed E-state index contributed by atoms with van der Waals surface area (Å²) in [4.78, 5) is 12.0.